The van der Waals surface area contributed by atoms with Gasteiger partial charge in [-0.15, -0.1) is 0 Å². The molecular weight excluding hydrogens is 192 g/mol. The van der Waals surface area contributed by atoms with Gasteiger partial charge in [0.15, 0.2) is 0 Å². The highest BCUT2D eigenvalue weighted by molar-refractivity contribution is 5.87. The Labute approximate surface area is 91.1 Å². The Morgan fingerprint density at radius 2 is 1.80 bits per heavy atom. The molecule has 0 saturated heterocycles. The topological polar surface area (TPSA) is 46.5 Å². The number of esters is 1. The van der Waals surface area contributed by atoms with Gasteiger partial charge in [0.1, 0.15) is 6.10 Å². The average molecular weight is 212 g/mol. The molecule has 0 bridgehead atoms. The first-order valence-electron chi connectivity index (χ1n) is 5.64. The van der Waals surface area contributed by atoms with Crippen molar-refractivity contribution in [3.63, 3.8) is 0 Å². The van der Waals surface area contributed by atoms with Gasteiger partial charge in [-0.1, -0.05) is 6.58 Å². The summed E-state index contributed by atoms with van der Waals surface area (Å²) in [5.41, 5.74) is 0.456. The Balaban J connectivity index is 2.35. The number of hydrogen-bond acceptors (Lipinski definition) is 3. The van der Waals surface area contributed by atoms with Crippen LogP contribution in [0, 0.1) is 0 Å². The lowest BCUT2D eigenvalue weighted by atomic mass is 9.96. The molecule has 0 aromatic rings. The van der Waals surface area contributed by atoms with Crippen LogP contribution in [0.4, 0.5) is 0 Å². The molecule has 1 rings (SSSR count). The van der Waals surface area contributed by atoms with E-state index in [0.717, 1.165) is 38.5 Å². The summed E-state index contributed by atoms with van der Waals surface area (Å²) in [6.45, 7) is 5.22. The minimum Gasteiger partial charge on any atom is -0.459 e. The van der Waals surface area contributed by atoms with Gasteiger partial charge >= 0.3 is 5.97 Å². The van der Waals surface area contributed by atoms with Crippen molar-refractivity contribution in [1.82, 2.24) is 0 Å². The van der Waals surface area contributed by atoms with Gasteiger partial charge in [-0.05, 0) is 45.4 Å². The SMILES string of the molecule is C=C(C)C(=O)OC1CCCC(O)CCC1. The highest BCUT2D eigenvalue weighted by Gasteiger charge is 2.18. The van der Waals surface area contributed by atoms with E-state index in [0.29, 0.717) is 5.57 Å². The maximum absolute atomic E-state index is 11.3. The fourth-order valence-corrected chi connectivity index (χ4v) is 1.82. The van der Waals surface area contributed by atoms with E-state index in [2.05, 4.69) is 6.58 Å². The Morgan fingerprint density at radius 3 is 2.27 bits per heavy atom. The lowest BCUT2D eigenvalue weighted by molar-refractivity contribution is -0.145. The number of ether oxygens (including phenoxy) is 1. The van der Waals surface area contributed by atoms with Crippen LogP contribution < -0.4 is 0 Å². The van der Waals surface area contributed by atoms with Gasteiger partial charge in [-0.25, -0.2) is 4.79 Å². The van der Waals surface area contributed by atoms with E-state index >= 15 is 0 Å². The van der Waals surface area contributed by atoms with Crippen molar-refractivity contribution < 1.29 is 14.6 Å². The zero-order valence-electron chi connectivity index (χ0n) is 9.37. The van der Waals surface area contributed by atoms with E-state index in [1.54, 1.807) is 6.92 Å². The molecule has 0 spiro atoms. The van der Waals surface area contributed by atoms with Gasteiger partial charge in [0.2, 0.25) is 0 Å². The summed E-state index contributed by atoms with van der Waals surface area (Å²) in [7, 11) is 0. The molecule has 1 N–H and O–H groups in total. The molecule has 1 aliphatic carbocycles. The minimum absolute atomic E-state index is 0.0155. The van der Waals surface area contributed by atoms with Gasteiger partial charge in [0, 0.05) is 5.57 Å². The molecule has 0 heterocycles. The molecule has 0 aromatic carbocycles. The van der Waals surface area contributed by atoms with Crippen LogP contribution in [0.5, 0.6) is 0 Å². The Morgan fingerprint density at radius 1 is 1.27 bits per heavy atom. The second kappa shape index (κ2) is 5.91. The third kappa shape index (κ3) is 4.47. The van der Waals surface area contributed by atoms with Crippen molar-refractivity contribution in [1.29, 1.82) is 0 Å². The first-order chi connectivity index (χ1) is 7.09. The summed E-state index contributed by atoms with van der Waals surface area (Å²) in [5, 5.41) is 9.45. The first-order valence-corrected chi connectivity index (χ1v) is 5.64. The number of aliphatic hydroxyl groups is 1. The van der Waals surface area contributed by atoms with Crippen molar-refractivity contribution in [2.24, 2.45) is 0 Å². The summed E-state index contributed by atoms with van der Waals surface area (Å²) in [6.07, 6.45) is 5.06. The van der Waals surface area contributed by atoms with Crippen LogP contribution in [-0.2, 0) is 9.53 Å². The fourth-order valence-electron chi connectivity index (χ4n) is 1.82. The number of hydrogen-bond donors (Lipinski definition) is 1. The second-order valence-corrected chi connectivity index (χ2v) is 4.32. The summed E-state index contributed by atoms with van der Waals surface area (Å²) in [4.78, 5) is 11.3. The summed E-state index contributed by atoms with van der Waals surface area (Å²) >= 11 is 0. The van der Waals surface area contributed by atoms with Gasteiger partial charge in [-0.3, -0.25) is 0 Å². The average Bonchev–Trinajstić information content (AvgIpc) is 2.13. The second-order valence-electron chi connectivity index (χ2n) is 4.32. The number of aliphatic hydroxyl groups excluding tert-OH is 1. The predicted molar refractivity (Wildman–Crippen MR) is 58.4 cm³/mol. The smallest absolute Gasteiger partial charge is 0.333 e. The van der Waals surface area contributed by atoms with E-state index in [-0.39, 0.29) is 18.2 Å². The van der Waals surface area contributed by atoms with Crippen molar-refractivity contribution in [3.8, 4) is 0 Å². The molecule has 0 atom stereocenters. The maximum atomic E-state index is 11.3. The van der Waals surface area contributed by atoms with E-state index < -0.39 is 0 Å². The van der Waals surface area contributed by atoms with Gasteiger partial charge in [-0.2, -0.15) is 0 Å². The number of carbonyl (C=O) groups excluding carboxylic acids is 1. The van der Waals surface area contributed by atoms with E-state index in [1.807, 2.05) is 0 Å². The Hall–Kier alpha value is -0.830. The zero-order chi connectivity index (χ0) is 11.3. The molecule has 1 fully saturated rings. The molecule has 0 aromatic heterocycles. The number of carbonyl (C=O) groups is 1. The molecule has 0 amide bonds. The standard InChI is InChI=1S/C12H20O3/c1-9(2)12(14)15-11-7-3-5-10(13)6-4-8-11/h10-11,13H,1,3-8H2,2H3. The normalized spacial score (nSPS) is 27.6. The van der Waals surface area contributed by atoms with E-state index in [9.17, 15) is 9.90 Å². The summed E-state index contributed by atoms with van der Waals surface area (Å²) in [5.74, 6) is -0.291. The molecule has 0 aliphatic heterocycles. The monoisotopic (exact) mass is 212 g/mol. The molecule has 1 saturated carbocycles. The lowest BCUT2D eigenvalue weighted by Gasteiger charge is -2.22. The summed E-state index contributed by atoms with van der Waals surface area (Å²) in [6, 6.07) is 0. The van der Waals surface area contributed by atoms with Gasteiger partial charge < -0.3 is 9.84 Å². The summed E-state index contributed by atoms with van der Waals surface area (Å²) < 4.78 is 5.30. The highest BCUT2D eigenvalue weighted by Crippen LogP contribution is 2.20. The van der Waals surface area contributed by atoms with Crippen molar-refractivity contribution in [3.05, 3.63) is 12.2 Å². The van der Waals surface area contributed by atoms with Crippen LogP contribution in [0.25, 0.3) is 0 Å². The molecule has 0 radical (unpaired) electrons. The maximum Gasteiger partial charge on any atom is 0.333 e. The highest BCUT2D eigenvalue weighted by atomic mass is 16.5. The molecule has 1 aliphatic rings. The largest absolute Gasteiger partial charge is 0.459 e. The van der Waals surface area contributed by atoms with Crippen LogP contribution >= 0.6 is 0 Å². The molecule has 3 heteroatoms. The zero-order valence-corrected chi connectivity index (χ0v) is 9.37. The third-order valence-corrected chi connectivity index (χ3v) is 2.75. The minimum atomic E-state index is -0.291. The van der Waals surface area contributed by atoms with Crippen LogP contribution in [0.15, 0.2) is 12.2 Å². The van der Waals surface area contributed by atoms with Crippen molar-refractivity contribution in [2.75, 3.05) is 0 Å². The molecule has 0 unspecified atom stereocenters. The Kier molecular flexibility index (Phi) is 4.82. The van der Waals surface area contributed by atoms with E-state index in [1.165, 1.54) is 0 Å². The quantitative estimate of drug-likeness (QED) is 0.563. The first kappa shape index (κ1) is 12.2. The van der Waals surface area contributed by atoms with Crippen LogP contribution in [0.3, 0.4) is 0 Å². The van der Waals surface area contributed by atoms with E-state index in [4.69, 9.17) is 4.74 Å². The molecular formula is C12H20O3. The van der Waals surface area contributed by atoms with Crippen LogP contribution in [-0.4, -0.2) is 23.3 Å². The van der Waals surface area contributed by atoms with Gasteiger partial charge in [0.25, 0.3) is 0 Å². The fraction of sp³-hybridized carbons (Fsp3) is 0.750. The molecule has 3 nitrogen and oxygen atoms in total. The molecule has 86 valence electrons. The van der Waals surface area contributed by atoms with Crippen molar-refractivity contribution >= 4 is 5.97 Å². The van der Waals surface area contributed by atoms with Gasteiger partial charge in [0.05, 0.1) is 6.10 Å². The lowest BCUT2D eigenvalue weighted by Crippen LogP contribution is -2.22. The predicted octanol–water partition coefficient (Wildman–Crippen LogP) is 2.19. The van der Waals surface area contributed by atoms with Crippen molar-refractivity contribution in [2.45, 2.75) is 57.7 Å². The Bertz CT molecular complexity index is 225. The van der Waals surface area contributed by atoms with Crippen LogP contribution in [0.2, 0.25) is 0 Å². The number of rotatable bonds is 2. The molecule has 15 heavy (non-hydrogen) atoms. The van der Waals surface area contributed by atoms with Crippen LogP contribution in [0.1, 0.15) is 45.4 Å². The third-order valence-electron chi connectivity index (χ3n) is 2.75.